The highest BCUT2D eigenvalue weighted by molar-refractivity contribution is 5.88. The first-order valence-electron chi connectivity index (χ1n) is 7.45. The molecule has 0 radical (unpaired) electrons. The van der Waals surface area contributed by atoms with Crippen molar-refractivity contribution < 1.29 is 4.79 Å². The number of hydrogen-bond donors (Lipinski definition) is 1. The van der Waals surface area contributed by atoms with E-state index >= 15 is 0 Å². The largest absolute Gasteiger partial charge is 0.384 e. The normalized spacial score (nSPS) is 16.1. The second-order valence-electron chi connectivity index (χ2n) is 5.36. The Morgan fingerprint density at radius 3 is 2.62 bits per heavy atom. The molecule has 21 heavy (non-hydrogen) atoms. The molecule has 1 N–H and O–H groups in total. The van der Waals surface area contributed by atoms with Crippen molar-refractivity contribution in [2.75, 3.05) is 18.4 Å². The van der Waals surface area contributed by atoms with Crippen LogP contribution in [0, 0.1) is 0 Å². The number of para-hydroxylation sites is 1. The molecule has 2 aromatic carbocycles. The van der Waals surface area contributed by atoms with Crippen molar-refractivity contribution in [3.05, 3.63) is 65.7 Å². The highest BCUT2D eigenvalue weighted by atomic mass is 16.2. The van der Waals surface area contributed by atoms with Gasteiger partial charge in [-0.3, -0.25) is 4.79 Å². The Hall–Kier alpha value is -2.29. The van der Waals surface area contributed by atoms with Crippen LogP contribution in [0.3, 0.4) is 0 Å². The summed E-state index contributed by atoms with van der Waals surface area (Å²) in [7, 11) is 0. The average Bonchev–Trinajstić information content (AvgIpc) is 2.97. The number of fused-ring (bicyclic) bond motifs is 1. The van der Waals surface area contributed by atoms with Gasteiger partial charge >= 0.3 is 0 Å². The zero-order valence-electron chi connectivity index (χ0n) is 12.3. The van der Waals surface area contributed by atoms with E-state index in [4.69, 9.17) is 0 Å². The molecule has 1 atom stereocenters. The fourth-order valence-electron chi connectivity index (χ4n) is 2.87. The molecule has 1 aliphatic rings. The first-order chi connectivity index (χ1) is 10.3. The summed E-state index contributed by atoms with van der Waals surface area (Å²) >= 11 is 0. The second kappa shape index (κ2) is 6.00. The van der Waals surface area contributed by atoms with E-state index in [2.05, 4.69) is 17.4 Å². The fourth-order valence-corrected chi connectivity index (χ4v) is 2.87. The Kier molecular flexibility index (Phi) is 3.91. The van der Waals surface area contributed by atoms with Gasteiger partial charge in [0.15, 0.2) is 0 Å². The summed E-state index contributed by atoms with van der Waals surface area (Å²) < 4.78 is 0. The maximum absolute atomic E-state index is 12.8. The summed E-state index contributed by atoms with van der Waals surface area (Å²) in [5, 5.41) is 3.33. The first kappa shape index (κ1) is 13.7. The summed E-state index contributed by atoms with van der Waals surface area (Å²) in [4.78, 5) is 14.8. The van der Waals surface area contributed by atoms with E-state index in [1.165, 1.54) is 5.56 Å². The maximum Gasteiger partial charge on any atom is 0.232 e. The van der Waals surface area contributed by atoms with Gasteiger partial charge < -0.3 is 10.2 Å². The van der Waals surface area contributed by atoms with Crippen LogP contribution in [-0.4, -0.2) is 23.9 Å². The van der Waals surface area contributed by atoms with Gasteiger partial charge in [0.1, 0.15) is 0 Å². The highest BCUT2D eigenvalue weighted by Gasteiger charge is 2.30. The van der Waals surface area contributed by atoms with Crippen molar-refractivity contribution in [1.29, 1.82) is 0 Å². The summed E-state index contributed by atoms with van der Waals surface area (Å²) in [6.45, 7) is 4.14. The molecule has 108 valence electrons. The van der Waals surface area contributed by atoms with E-state index < -0.39 is 0 Å². The lowest BCUT2D eigenvalue weighted by atomic mass is 9.99. The minimum absolute atomic E-state index is 0.0649. The molecule has 0 spiro atoms. The number of likely N-dealkylation sites (N-methyl/N-ethyl adjacent to an activating group) is 1. The third kappa shape index (κ3) is 2.77. The van der Waals surface area contributed by atoms with Gasteiger partial charge in [0.05, 0.1) is 5.92 Å². The summed E-state index contributed by atoms with van der Waals surface area (Å²) in [5.74, 6) is 0.142. The molecule has 0 bridgehead atoms. The minimum Gasteiger partial charge on any atom is -0.384 e. The minimum atomic E-state index is -0.0649. The zero-order chi connectivity index (χ0) is 14.7. The van der Waals surface area contributed by atoms with Crippen LogP contribution in [0.2, 0.25) is 0 Å². The molecule has 0 aromatic heterocycles. The number of carbonyl (C=O) groups excluding carboxylic acids is 1. The van der Waals surface area contributed by atoms with Crippen molar-refractivity contribution in [3.8, 4) is 0 Å². The lowest BCUT2D eigenvalue weighted by molar-refractivity contribution is -0.132. The van der Waals surface area contributed by atoms with E-state index in [1.54, 1.807) is 0 Å². The van der Waals surface area contributed by atoms with E-state index in [1.807, 2.05) is 54.3 Å². The lowest BCUT2D eigenvalue weighted by Crippen LogP contribution is -2.35. The Morgan fingerprint density at radius 2 is 1.86 bits per heavy atom. The Balaban J connectivity index is 1.78. The molecule has 3 nitrogen and oxygen atoms in total. The molecule has 1 heterocycles. The third-order valence-electron chi connectivity index (χ3n) is 4.04. The van der Waals surface area contributed by atoms with Gasteiger partial charge in [0.2, 0.25) is 5.91 Å². The van der Waals surface area contributed by atoms with Gasteiger partial charge in [-0.05, 0) is 24.1 Å². The summed E-state index contributed by atoms with van der Waals surface area (Å²) in [6.07, 6.45) is 0. The van der Waals surface area contributed by atoms with Gasteiger partial charge in [-0.1, -0.05) is 48.5 Å². The molecule has 0 aliphatic carbocycles. The predicted molar refractivity (Wildman–Crippen MR) is 85.2 cm³/mol. The molecule has 1 aliphatic heterocycles. The lowest BCUT2D eigenvalue weighted by Gasteiger charge is -2.24. The number of benzene rings is 2. The summed E-state index contributed by atoms with van der Waals surface area (Å²) in [5.41, 5.74) is 3.38. The molecule has 3 rings (SSSR count). The van der Waals surface area contributed by atoms with Gasteiger partial charge in [-0.15, -0.1) is 0 Å². The molecule has 1 unspecified atom stereocenters. The van der Waals surface area contributed by atoms with Gasteiger partial charge in [-0.25, -0.2) is 0 Å². The molecule has 3 heteroatoms. The quantitative estimate of drug-likeness (QED) is 0.932. The Labute approximate surface area is 125 Å². The monoisotopic (exact) mass is 280 g/mol. The fraction of sp³-hybridized carbons (Fsp3) is 0.278. The van der Waals surface area contributed by atoms with Crippen LogP contribution in [0.4, 0.5) is 5.69 Å². The van der Waals surface area contributed by atoms with Gasteiger partial charge in [-0.2, -0.15) is 0 Å². The molecule has 0 fully saturated rings. The number of amides is 1. The third-order valence-corrected chi connectivity index (χ3v) is 4.04. The van der Waals surface area contributed by atoms with E-state index in [9.17, 15) is 4.79 Å². The summed E-state index contributed by atoms with van der Waals surface area (Å²) in [6, 6.07) is 18.2. The topological polar surface area (TPSA) is 32.3 Å². The van der Waals surface area contributed by atoms with Crippen LogP contribution in [0.15, 0.2) is 54.6 Å². The molecule has 0 saturated heterocycles. The Bertz CT molecular complexity index is 624. The number of rotatable bonds is 4. The van der Waals surface area contributed by atoms with Crippen molar-refractivity contribution in [3.63, 3.8) is 0 Å². The van der Waals surface area contributed by atoms with Crippen LogP contribution in [0.1, 0.15) is 24.0 Å². The molecular formula is C18H20N2O. The zero-order valence-corrected chi connectivity index (χ0v) is 12.3. The highest BCUT2D eigenvalue weighted by Crippen LogP contribution is 2.32. The van der Waals surface area contributed by atoms with Crippen LogP contribution >= 0.6 is 0 Å². The van der Waals surface area contributed by atoms with Crippen molar-refractivity contribution in [1.82, 2.24) is 4.90 Å². The number of anilines is 1. The van der Waals surface area contributed by atoms with Crippen molar-refractivity contribution >= 4 is 11.6 Å². The molecule has 0 saturated carbocycles. The predicted octanol–water partition coefficient (Wildman–Crippen LogP) is 3.24. The number of nitrogens with one attached hydrogen (secondary N) is 1. The van der Waals surface area contributed by atoms with E-state index in [0.717, 1.165) is 17.8 Å². The van der Waals surface area contributed by atoms with E-state index in [-0.39, 0.29) is 11.8 Å². The van der Waals surface area contributed by atoms with Crippen LogP contribution < -0.4 is 5.32 Å². The van der Waals surface area contributed by atoms with E-state index in [0.29, 0.717) is 13.1 Å². The SMILES string of the molecule is CCN(Cc1ccccc1)C(=O)C1CNc2ccccc21. The average molecular weight is 280 g/mol. The number of hydrogen-bond acceptors (Lipinski definition) is 2. The van der Waals surface area contributed by atoms with Crippen LogP contribution in [-0.2, 0) is 11.3 Å². The number of nitrogens with zero attached hydrogens (tertiary/aromatic N) is 1. The molecule has 1 amide bonds. The maximum atomic E-state index is 12.8. The molecule has 2 aromatic rings. The van der Waals surface area contributed by atoms with Crippen molar-refractivity contribution in [2.24, 2.45) is 0 Å². The smallest absolute Gasteiger partial charge is 0.232 e. The Morgan fingerprint density at radius 1 is 1.14 bits per heavy atom. The van der Waals surface area contributed by atoms with Crippen LogP contribution in [0.5, 0.6) is 0 Å². The first-order valence-corrected chi connectivity index (χ1v) is 7.45. The van der Waals surface area contributed by atoms with Crippen molar-refractivity contribution in [2.45, 2.75) is 19.4 Å². The number of carbonyl (C=O) groups is 1. The standard InChI is InChI=1S/C18H20N2O/c1-2-20(13-14-8-4-3-5-9-14)18(21)16-12-19-17-11-7-6-10-15(16)17/h3-11,16,19H,2,12-13H2,1H3. The van der Waals surface area contributed by atoms with Gasteiger partial charge in [0, 0.05) is 25.3 Å². The van der Waals surface area contributed by atoms with Crippen LogP contribution in [0.25, 0.3) is 0 Å². The van der Waals surface area contributed by atoms with Gasteiger partial charge in [0.25, 0.3) is 0 Å². The second-order valence-corrected chi connectivity index (χ2v) is 5.36. The molecular weight excluding hydrogens is 260 g/mol.